The number of hydrogen-bond acceptors (Lipinski definition) is 1. The fraction of sp³-hybridized carbons (Fsp3) is 1.00. The van der Waals surface area contributed by atoms with Gasteiger partial charge in [-0.25, -0.2) is 0 Å². The Kier molecular flexibility index (Phi) is 10.9. The summed E-state index contributed by atoms with van der Waals surface area (Å²) in [4.78, 5) is 0. The van der Waals surface area contributed by atoms with Crippen molar-refractivity contribution in [1.82, 2.24) is 0 Å². The predicted octanol–water partition coefficient (Wildman–Crippen LogP) is 1.08. The van der Waals surface area contributed by atoms with Gasteiger partial charge in [0.1, 0.15) is 0 Å². The van der Waals surface area contributed by atoms with Gasteiger partial charge in [-0.15, -0.1) is 0 Å². The van der Waals surface area contributed by atoms with Gasteiger partial charge in [0.05, 0.1) is 0 Å². The molecule has 7 heavy (non-hydrogen) atoms. The van der Waals surface area contributed by atoms with Crippen molar-refractivity contribution in [2.45, 2.75) is 24.2 Å². The van der Waals surface area contributed by atoms with Gasteiger partial charge in [0, 0.05) is 0 Å². The summed E-state index contributed by atoms with van der Waals surface area (Å²) in [5.41, 5.74) is 0. The first-order valence-corrected chi connectivity index (χ1v) is 3.18. The van der Waals surface area contributed by atoms with Crippen LogP contribution in [-0.4, -0.2) is 28.0 Å². The van der Waals surface area contributed by atoms with Gasteiger partial charge in [0.25, 0.3) is 0 Å². The second-order valence-corrected chi connectivity index (χ2v) is 6.53. The molecule has 0 aromatic carbocycles. The Labute approximate surface area is 58.0 Å². The van der Waals surface area contributed by atoms with Crippen molar-refractivity contribution in [3.63, 3.8) is 0 Å². The van der Waals surface area contributed by atoms with E-state index in [1.807, 2.05) is 0 Å². The summed E-state index contributed by atoms with van der Waals surface area (Å²) in [5, 5.41) is 0. The molecule has 0 unspecified atom stereocenters. The van der Waals surface area contributed by atoms with Crippen molar-refractivity contribution in [1.29, 1.82) is 0 Å². The zero-order valence-electron chi connectivity index (χ0n) is 4.86. The normalized spacial score (nSPS) is 8.71. The van der Waals surface area contributed by atoms with E-state index in [2.05, 4.69) is 20.8 Å². The second-order valence-electron chi connectivity index (χ2n) is 2.25. The molecule has 42 valence electrons. The van der Waals surface area contributed by atoms with Gasteiger partial charge in [-0.2, -0.15) is 0 Å². The van der Waals surface area contributed by atoms with E-state index in [1.54, 1.807) is 22.5 Å². The summed E-state index contributed by atoms with van der Waals surface area (Å²) < 4.78 is 0.590. The summed E-state index contributed by atoms with van der Waals surface area (Å²) in [6.07, 6.45) is 0. The number of hydrogen-bond donors (Lipinski definition) is 0. The van der Waals surface area contributed by atoms with Gasteiger partial charge in [-0.05, 0) is 0 Å². The van der Waals surface area contributed by atoms with Crippen LogP contribution < -0.4 is 0 Å². The van der Waals surface area contributed by atoms with Crippen LogP contribution in [0.5, 0.6) is 0 Å². The van der Waals surface area contributed by atoms with Gasteiger partial charge in [0.15, 0.2) is 0 Å². The maximum Gasteiger partial charge on any atom is -0.870 e. The van der Waals surface area contributed by atoms with Crippen LogP contribution >= 0.6 is 0 Å². The molecule has 1 N–H and O–H groups in total. The molecule has 0 atom stereocenters. The molecule has 0 aromatic heterocycles. The van der Waals surface area contributed by atoms with Gasteiger partial charge in [-0.3, -0.25) is 0 Å². The van der Waals surface area contributed by atoms with Crippen molar-refractivity contribution >= 4 is 22.5 Å². The molecule has 0 aliphatic carbocycles. The van der Waals surface area contributed by atoms with Crippen LogP contribution in [-0.2, 0) is 5.48 Å². The molecule has 0 spiro atoms. The van der Waals surface area contributed by atoms with Crippen molar-refractivity contribution < 1.29 is 11.0 Å². The van der Waals surface area contributed by atoms with Crippen molar-refractivity contribution in [3.05, 3.63) is 0 Å². The Morgan fingerprint density at radius 3 is 1.14 bits per heavy atom. The zero-order valence-corrected chi connectivity index (χ0v) is 7.71. The molecule has 3 heteroatoms. The molecule has 0 saturated carbocycles. The van der Waals surface area contributed by atoms with Crippen LogP contribution in [0.2, 0.25) is 3.43 Å². The molecular weight excluding hydrogens is 199 g/mol. The monoisotopic (exact) mass is 210 g/mol. The molecule has 0 saturated heterocycles. The first-order chi connectivity index (χ1) is 2.00. The van der Waals surface area contributed by atoms with Crippen LogP contribution in [0.3, 0.4) is 0 Å². The second kappa shape index (κ2) is 4.87. The molecule has 2 nitrogen and oxygen atoms in total. The van der Waals surface area contributed by atoms with Crippen LogP contribution in [0.15, 0.2) is 0 Å². The van der Waals surface area contributed by atoms with E-state index >= 15 is 0 Å². The topological polar surface area (TPSA) is 58.5 Å². The molecule has 0 bridgehead atoms. The standard InChI is InChI=1S/C4H9.H2O.O.Sn/c1-4(2)3;;;/h1-3H3;1H2;;/q;;-2;+3/p-1. The third kappa shape index (κ3) is 290. The predicted molar refractivity (Wildman–Crippen MR) is 28.1 cm³/mol. The SMILES string of the molecule is C[C](C)(C)[Sn+3].[O-2].[OH-]. The Balaban J connectivity index is -0.0000000800. The summed E-state index contributed by atoms with van der Waals surface area (Å²) in [6.45, 7) is 6.68. The van der Waals surface area contributed by atoms with E-state index < -0.39 is 0 Å². The van der Waals surface area contributed by atoms with Gasteiger partial charge >= 0.3 is 46.7 Å². The molecule has 0 aliphatic rings. The van der Waals surface area contributed by atoms with Gasteiger partial charge < -0.3 is 11.0 Å². The van der Waals surface area contributed by atoms with E-state index in [9.17, 15) is 0 Å². The smallest absolute Gasteiger partial charge is 0.870 e. The van der Waals surface area contributed by atoms with Crippen LogP contribution in [0, 0.1) is 0 Å². The van der Waals surface area contributed by atoms with Crippen LogP contribution in [0.1, 0.15) is 20.8 Å². The molecule has 0 aromatic rings. The quantitative estimate of drug-likeness (QED) is 0.550. The Bertz CT molecular complexity index is 25.2. The molecule has 0 rings (SSSR count). The fourth-order valence-corrected chi connectivity index (χ4v) is 0. The minimum atomic E-state index is 0. The van der Waals surface area contributed by atoms with E-state index in [1.165, 1.54) is 0 Å². The summed E-state index contributed by atoms with van der Waals surface area (Å²) in [7, 11) is 0. The van der Waals surface area contributed by atoms with Crippen molar-refractivity contribution in [3.8, 4) is 0 Å². The Hall–Kier alpha value is 0.719. The summed E-state index contributed by atoms with van der Waals surface area (Å²) >= 11 is 1.62. The summed E-state index contributed by atoms with van der Waals surface area (Å²) in [5.74, 6) is 0. The first-order valence-electron chi connectivity index (χ1n) is 1.75. The maximum absolute atomic E-state index is 2.23. The van der Waals surface area contributed by atoms with E-state index in [4.69, 9.17) is 0 Å². The van der Waals surface area contributed by atoms with E-state index in [0.29, 0.717) is 3.43 Å². The molecular formula is C4H10O2Sn. The third-order valence-corrected chi connectivity index (χ3v) is 0. The number of rotatable bonds is 0. The fourth-order valence-electron chi connectivity index (χ4n) is 0. The Morgan fingerprint density at radius 2 is 1.14 bits per heavy atom. The van der Waals surface area contributed by atoms with Crippen molar-refractivity contribution in [2.75, 3.05) is 0 Å². The molecule has 0 radical (unpaired) electrons. The Morgan fingerprint density at radius 1 is 1.14 bits per heavy atom. The summed E-state index contributed by atoms with van der Waals surface area (Å²) in [6, 6.07) is 0. The average Bonchev–Trinajstić information content (AvgIpc) is 0.722. The molecule has 0 heterocycles. The van der Waals surface area contributed by atoms with Gasteiger partial charge in [0.2, 0.25) is 0 Å². The van der Waals surface area contributed by atoms with Crippen molar-refractivity contribution in [2.24, 2.45) is 0 Å². The molecule has 0 fully saturated rings. The molecule has 0 amide bonds. The third-order valence-electron chi connectivity index (χ3n) is 0. The first kappa shape index (κ1) is 15.6. The average molecular weight is 209 g/mol. The van der Waals surface area contributed by atoms with E-state index in [-0.39, 0.29) is 11.0 Å². The van der Waals surface area contributed by atoms with Crippen LogP contribution in [0.25, 0.3) is 0 Å². The zero-order chi connectivity index (χ0) is 4.50. The van der Waals surface area contributed by atoms with Gasteiger partial charge in [-0.1, -0.05) is 0 Å². The molecule has 0 aliphatic heterocycles. The minimum absolute atomic E-state index is 0. The maximum atomic E-state index is 2.23. The minimum Gasteiger partial charge on any atom is -2.00 e. The van der Waals surface area contributed by atoms with E-state index in [0.717, 1.165) is 0 Å². The largest absolute Gasteiger partial charge is 2.00 e. The van der Waals surface area contributed by atoms with Crippen LogP contribution in [0.4, 0.5) is 0 Å².